The molecule has 2 heterocycles. The molecule has 34 heavy (non-hydrogen) atoms. The van der Waals surface area contributed by atoms with Crippen molar-refractivity contribution in [1.29, 1.82) is 0 Å². The van der Waals surface area contributed by atoms with E-state index in [-0.39, 0.29) is 30.7 Å². The van der Waals surface area contributed by atoms with Gasteiger partial charge in [-0.1, -0.05) is 18.2 Å². The fraction of sp³-hybridized carbons (Fsp3) is 0.292. The summed E-state index contributed by atoms with van der Waals surface area (Å²) in [4.78, 5) is 54.0. The summed E-state index contributed by atoms with van der Waals surface area (Å²) in [5.41, 5.74) is 6.89. The molecule has 1 atom stereocenters. The molecule has 3 aromatic rings. The van der Waals surface area contributed by atoms with E-state index in [0.717, 1.165) is 12.0 Å². The number of piperidine rings is 1. The standard InChI is InChI=1S/C24H25N5O5/c1-14-26-22-17(24(33)29(14)19-9-10-20(30)28-23(19)32)3-2-4-18(22)27-21(31)13-34-16-7-5-15(6-8-16)11-12-25/h2-8,19H,9-13,25H2,1H3,(H,27,31)(H,28,30,32). The molecule has 2 aromatic carbocycles. The van der Waals surface area contributed by atoms with Crippen molar-refractivity contribution in [2.75, 3.05) is 18.5 Å². The van der Waals surface area contributed by atoms with Crippen molar-refractivity contribution in [3.63, 3.8) is 0 Å². The fourth-order valence-corrected chi connectivity index (χ4v) is 3.98. The third-order valence-electron chi connectivity index (χ3n) is 5.63. The van der Waals surface area contributed by atoms with Crippen LogP contribution in [-0.2, 0) is 20.8 Å². The average Bonchev–Trinajstić information content (AvgIpc) is 2.81. The minimum Gasteiger partial charge on any atom is -0.484 e. The minimum atomic E-state index is -0.815. The lowest BCUT2D eigenvalue weighted by Crippen LogP contribution is -2.45. The maximum atomic E-state index is 13.2. The van der Waals surface area contributed by atoms with E-state index in [1.165, 1.54) is 4.57 Å². The molecule has 4 rings (SSSR count). The summed E-state index contributed by atoms with van der Waals surface area (Å²) in [6.45, 7) is 1.94. The summed E-state index contributed by atoms with van der Waals surface area (Å²) in [5, 5.41) is 5.26. The molecule has 176 valence electrons. The number of para-hydroxylation sites is 1. The van der Waals surface area contributed by atoms with Crippen LogP contribution in [0.5, 0.6) is 5.75 Å². The third kappa shape index (κ3) is 4.81. The Balaban J connectivity index is 1.53. The number of ether oxygens (including phenoxy) is 1. The summed E-state index contributed by atoms with van der Waals surface area (Å²) >= 11 is 0. The van der Waals surface area contributed by atoms with Gasteiger partial charge >= 0.3 is 0 Å². The van der Waals surface area contributed by atoms with Gasteiger partial charge in [0, 0.05) is 6.42 Å². The number of rotatable bonds is 7. The van der Waals surface area contributed by atoms with E-state index in [2.05, 4.69) is 15.6 Å². The molecule has 1 saturated heterocycles. The van der Waals surface area contributed by atoms with Crippen LogP contribution in [0.2, 0.25) is 0 Å². The van der Waals surface area contributed by atoms with Crippen LogP contribution in [0, 0.1) is 6.92 Å². The number of amides is 3. The normalized spacial score (nSPS) is 15.8. The molecule has 0 saturated carbocycles. The molecule has 3 amide bonds. The SMILES string of the molecule is Cc1nc2c(NC(=O)COc3ccc(CCN)cc3)cccc2c(=O)n1C1CCC(=O)NC1=O. The quantitative estimate of drug-likeness (QED) is 0.446. The molecule has 1 fully saturated rings. The van der Waals surface area contributed by atoms with E-state index in [1.54, 1.807) is 37.3 Å². The Kier molecular flexibility index (Phi) is 6.69. The first-order valence-corrected chi connectivity index (χ1v) is 10.9. The first kappa shape index (κ1) is 23.1. The number of aryl methyl sites for hydroxylation is 1. The predicted molar refractivity (Wildman–Crippen MR) is 125 cm³/mol. The van der Waals surface area contributed by atoms with E-state index in [4.69, 9.17) is 10.5 Å². The Hall–Kier alpha value is -4.05. The molecule has 1 aliphatic rings. The number of carbonyl (C=O) groups excluding carboxylic acids is 3. The highest BCUT2D eigenvalue weighted by Gasteiger charge is 2.30. The molecule has 1 aliphatic heterocycles. The lowest BCUT2D eigenvalue weighted by Gasteiger charge is -2.24. The van der Waals surface area contributed by atoms with Crippen molar-refractivity contribution in [2.24, 2.45) is 5.73 Å². The van der Waals surface area contributed by atoms with Crippen molar-refractivity contribution in [2.45, 2.75) is 32.2 Å². The molecule has 0 aliphatic carbocycles. The van der Waals surface area contributed by atoms with Gasteiger partial charge < -0.3 is 15.8 Å². The maximum Gasteiger partial charge on any atom is 0.262 e. The highest BCUT2D eigenvalue weighted by atomic mass is 16.5. The topological polar surface area (TPSA) is 145 Å². The number of anilines is 1. The molecule has 10 heteroatoms. The average molecular weight is 463 g/mol. The van der Waals surface area contributed by atoms with Gasteiger partial charge in [-0.2, -0.15) is 0 Å². The summed E-state index contributed by atoms with van der Waals surface area (Å²) in [6.07, 6.45) is 1.13. The van der Waals surface area contributed by atoms with Gasteiger partial charge in [0.15, 0.2) is 6.61 Å². The molecule has 10 nitrogen and oxygen atoms in total. The Labute approximate surface area is 195 Å². The van der Waals surface area contributed by atoms with Crippen LogP contribution in [0.25, 0.3) is 10.9 Å². The van der Waals surface area contributed by atoms with Crippen molar-refractivity contribution in [1.82, 2.24) is 14.9 Å². The zero-order valence-corrected chi connectivity index (χ0v) is 18.7. The number of benzene rings is 2. The van der Waals surface area contributed by atoms with Crippen molar-refractivity contribution in [3.05, 3.63) is 64.2 Å². The van der Waals surface area contributed by atoms with Gasteiger partial charge in [0.1, 0.15) is 23.1 Å². The van der Waals surface area contributed by atoms with E-state index in [1.807, 2.05) is 12.1 Å². The molecule has 4 N–H and O–H groups in total. The smallest absolute Gasteiger partial charge is 0.262 e. The number of carbonyl (C=O) groups is 3. The number of nitrogens with zero attached hydrogens (tertiary/aromatic N) is 2. The zero-order valence-electron chi connectivity index (χ0n) is 18.7. The van der Waals surface area contributed by atoms with Crippen LogP contribution in [0.4, 0.5) is 5.69 Å². The van der Waals surface area contributed by atoms with Gasteiger partial charge in [-0.05, 0) is 56.1 Å². The first-order valence-electron chi connectivity index (χ1n) is 10.9. The van der Waals surface area contributed by atoms with Gasteiger partial charge in [0.2, 0.25) is 11.8 Å². The van der Waals surface area contributed by atoms with E-state index in [9.17, 15) is 19.2 Å². The number of nitrogens with two attached hydrogens (primary N) is 1. The zero-order chi connectivity index (χ0) is 24.2. The largest absolute Gasteiger partial charge is 0.484 e. The molecular formula is C24H25N5O5. The second kappa shape index (κ2) is 9.84. The predicted octanol–water partition coefficient (Wildman–Crippen LogP) is 1.20. The second-order valence-corrected chi connectivity index (χ2v) is 8.02. The van der Waals surface area contributed by atoms with E-state index < -0.39 is 23.4 Å². The fourth-order valence-electron chi connectivity index (χ4n) is 3.98. The molecule has 1 aromatic heterocycles. The van der Waals surface area contributed by atoms with Crippen LogP contribution in [-0.4, -0.2) is 40.4 Å². The Bertz CT molecular complexity index is 1320. The number of nitrogens with one attached hydrogen (secondary N) is 2. The lowest BCUT2D eigenvalue weighted by atomic mass is 10.1. The van der Waals surface area contributed by atoms with Gasteiger partial charge in [-0.25, -0.2) is 4.98 Å². The summed E-state index contributed by atoms with van der Waals surface area (Å²) in [5.74, 6) is -0.440. The van der Waals surface area contributed by atoms with Crippen LogP contribution in [0.1, 0.15) is 30.3 Å². The first-order chi connectivity index (χ1) is 16.4. The summed E-state index contributed by atoms with van der Waals surface area (Å²) in [6, 6.07) is 11.4. The minimum absolute atomic E-state index is 0.145. The highest BCUT2D eigenvalue weighted by Crippen LogP contribution is 2.23. The number of hydrogen-bond donors (Lipinski definition) is 3. The lowest BCUT2D eigenvalue weighted by molar-refractivity contribution is -0.135. The number of aromatic nitrogens is 2. The van der Waals surface area contributed by atoms with Crippen LogP contribution in [0.15, 0.2) is 47.3 Å². The Morgan fingerprint density at radius 3 is 2.68 bits per heavy atom. The van der Waals surface area contributed by atoms with Gasteiger partial charge in [-0.3, -0.25) is 29.1 Å². The molecular weight excluding hydrogens is 438 g/mol. The molecule has 0 radical (unpaired) electrons. The Morgan fingerprint density at radius 1 is 1.21 bits per heavy atom. The number of fused-ring (bicyclic) bond motifs is 1. The maximum absolute atomic E-state index is 13.2. The molecule has 0 bridgehead atoms. The van der Waals surface area contributed by atoms with Crippen molar-refractivity contribution in [3.8, 4) is 5.75 Å². The van der Waals surface area contributed by atoms with Gasteiger partial charge in [0.05, 0.1) is 11.1 Å². The van der Waals surface area contributed by atoms with Crippen LogP contribution < -0.4 is 26.7 Å². The third-order valence-corrected chi connectivity index (χ3v) is 5.63. The molecule has 1 unspecified atom stereocenters. The monoisotopic (exact) mass is 463 g/mol. The van der Waals surface area contributed by atoms with Crippen molar-refractivity contribution < 1.29 is 19.1 Å². The Morgan fingerprint density at radius 2 is 1.97 bits per heavy atom. The van der Waals surface area contributed by atoms with Gasteiger partial charge in [-0.15, -0.1) is 0 Å². The second-order valence-electron chi connectivity index (χ2n) is 8.02. The number of hydrogen-bond acceptors (Lipinski definition) is 7. The van der Waals surface area contributed by atoms with E-state index in [0.29, 0.717) is 29.3 Å². The van der Waals surface area contributed by atoms with Crippen LogP contribution >= 0.6 is 0 Å². The summed E-state index contributed by atoms with van der Waals surface area (Å²) < 4.78 is 6.85. The molecule has 0 spiro atoms. The number of imide groups is 1. The van der Waals surface area contributed by atoms with E-state index >= 15 is 0 Å². The summed E-state index contributed by atoms with van der Waals surface area (Å²) in [7, 11) is 0. The highest BCUT2D eigenvalue weighted by molar-refractivity contribution is 6.01. The van der Waals surface area contributed by atoms with Gasteiger partial charge in [0.25, 0.3) is 11.5 Å². The van der Waals surface area contributed by atoms with Crippen molar-refractivity contribution >= 4 is 34.3 Å². The van der Waals surface area contributed by atoms with Crippen LogP contribution in [0.3, 0.4) is 0 Å².